The van der Waals surface area contributed by atoms with E-state index in [-0.39, 0.29) is 28.0 Å². The molecule has 7 nitrogen and oxygen atoms in total. The van der Waals surface area contributed by atoms with Gasteiger partial charge in [0, 0.05) is 11.6 Å². The van der Waals surface area contributed by atoms with Gasteiger partial charge in [0.15, 0.2) is 11.6 Å². The summed E-state index contributed by atoms with van der Waals surface area (Å²) in [5.74, 6) is -0.809. The second kappa shape index (κ2) is 9.23. The first kappa shape index (κ1) is 22.6. The number of nitrogens with one attached hydrogen (secondary N) is 2. The summed E-state index contributed by atoms with van der Waals surface area (Å²) < 4.78 is 51.5. The van der Waals surface area contributed by atoms with E-state index < -0.39 is 27.8 Å². The molecule has 29 heavy (non-hydrogen) atoms. The summed E-state index contributed by atoms with van der Waals surface area (Å²) in [5, 5.41) is 2.73. The molecule has 0 saturated carbocycles. The van der Waals surface area contributed by atoms with Crippen LogP contribution in [0.3, 0.4) is 0 Å². The SMILES string of the molecule is COc1ccc(C(C)NC(=O)c2ccc(OC)c(S(=O)(=O)NC(C)C)c2)cc1F. The second-order valence-corrected chi connectivity index (χ2v) is 8.41. The number of carbonyl (C=O) groups excluding carboxylic acids is 1. The first-order valence-corrected chi connectivity index (χ1v) is 10.4. The van der Waals surface area contributed by atoms with Crippen molar-refractivity contribution in [2.24, 2.45) is 0 Å². The summed E-state index contributed by atoms with van der Waals surface area (Å²) in [6, 6.07) is 7.68. The van der Waals surface area contributed by atoms with Crippen molar-refractivity contribution in [3.05, 3.63) is 53.3 Å². The highest BCUT2D eigenvalue weighted by Crippen LogP contribution is 2.26. The lowest BCUT2D eigenvalue weighted by atomic mass is 10.1. The summed E-state index contributed by atoms with van der Waals surface area (Å²) in [5.41, 5.74) is 0.676. The van der Waals surface area contributed by atoms with Crippen LogP contribution in [0.2, 0.25) is 0 Å². The van der Waals surface area contributed by atoms with Gasteiger partial charge in [0.1, 0.15) is 10.6 Å². The van der Waals surface area contributed by atoms with Crippen molar-refractivity contribution < 1.29 is 27.1 Å². The van der Waals surface area contributed by atoms with Gasteiger partial charge in [-0.3, -0.25) is 4.79 Å². The van der Waals surface area contributed by atoms with E-state index in [0.29, 0.717) is 5.56 Å². The summed E-state index contributed by atoms with van der Waals surface area (Å²) in [4.78, 5) is 12.5. The van der Waals surface area contributed by atoms with Gasteiger partial charge in [-0.1, -0.05) is 6.07 Å². The molecule has 158 valence electrons. The van der Waals surface area contributed by atoms with Crippen molar-refractivity contribution in [3.63, 3.8) is 0 Å². The normalized spacial score (nSPS) is 12.5. The van der Waals surface area contributed by atoms with Gasteiger partial charge in [-0.2, -0.15) is 0 Å². The monoisotopic (exact) mass is 424 g/mol. The van der Waals surface area contributed by atoms with Crippen molar-refractivity contribution in [1.82, 2.24) is 10.0 Å². The highest BCUT2D eigenvalue weighted by atomic mass is 32.2. The molecular weight excluding hydrogens is 399 g/mol. The molecule has 0 aliphatic carbocycles. The first-order chi connectivity index (χ1) is 13.6. The highest BCUT2D eigenvalue weighted by molar-refractivity contribution is 7.89. The molecule has 2 N–H and O–H groups in total. The molecule has 2 aromatic rings. The Kier molecular flexibility index (Phi) is 7.21. The minimum absolute atomic E-state index is 0.106. The number of halogens is 1. The largest absolute Gasteiger partial charge is 0.495 e. The molecule has 1 atom stereocenters. The summed E-state index contributed by atoms with van der Waals surface area (Å²) in [6.07, 6.45) is 0. The smallest absolute Gasteiger partial charge is 0.251 e. The number of benzene rings is 2. The molecule has 9 heteroatoms. The molecule has 0 saturated heterocycles. The Balaban J connectivity index is 2.29. The molecule has 0 aliphatic heterocycles. The first-order valence-electron chi connectivity index (χ1n) is 8.93. The Morgan fingerprint density at radius 3 is 2.17 bits per heavy atom. The fourth-order valence-electron chi connectivity index (χ4n) is 2.72. The van der Waals surface area contributed by atoms with Crippen LogP contribution < -0.4 is 19.5 Å². The summed E-state index contributed by atoms with van der Waals surface area (Å²) in [6.45, 7) is 5.08. The summed E-state index contributed by atoms with van der Waals surface area (Å²) in [7, 11) is -1.15. The number of hydrogen-bond donors (Lipinski definition) is 2. The van der Waals surface area contributed by atoms with Crippen molar-refractivity contribution >= 4 is 15.9 Å². The van der Waals surface area contributed by atoms with E-state index >= 15 is 0 Å². The van der Waals surface area contributed by atoms with Gasteiger partial charge in [0.05, 0.1) is 20.3 Å². The van der Waals surface area contributed by atoms with Crippen LogP contribution in [0.5, 0.6) is 11.5 Å². The lowest BCUT2D eigenvalue weighted by molar-refractivity contribution is 0.0939. The van der Waals surface area contributed by atoms with Crippen LogP contribution in [0, 0.1) is 5.82 Å². The van der Waals surface area contributed by atoms with Crippen molar-refractivity contribution in [1.29, 1.82) is 0 Å². The van der Waals surface area contributed by atoms with Crippen LogP contribution in [0.15, 0.2) is 41.3 Å². The van der Waals surface area contributed by atoms with E-state index in [2.05, 4.69) is 10.0 Å². The molecule has 0 aromatic heterocycles. The fourth-order valence-corrected chi connectivity index (χ4v) is 4.16. The van der Waals surface area contributed by atoms with E-state index in [1.165, 1.54) is 44.6 Å². The van der Waals surface area contributed by atoms with Gasteiger partial charge in [0.25, 0.3) is 5.91 Å². The third-order valence-electron chi connectivity index (χ3n) is 4.13. The van der Waals surface area contributed by atoms with Crippen LogP contribution in [0.25, 0.3) is 0 Å². The number of rotatable bonds is 8. The zero-order valence-electron chi connectivity index (χ0n) is 16.9. The number of carbonyl (C=O) groups is 1. The Bertz CT molecular complexity index is 992. The van der Waals surface area contributed by atoms with Gasteiger partial charge < -0.3 is 14.8 Å². The molecule has 1 amide bonds. The minimum Gasteiger partial charge on any atom is -0.495 e. The van der Waals surface area contributed by atoms with Gasteiger partial charge in [0.2, 0.25) is 10.0 Å². The molecule has 0 radical (unpaired) electrons. The molecule has 0 fully saturated rings. The highest BCUT2D eigenvalue weighted by Gasteiger charge is 2.23. The van der Waals surface area contributed by atoms with E-state index in [1.54, 1.807) is 26.8 Å². The quantitative estimate of drug-likeness (QED) is 0.679. The molecular formula is C20H25FN2O5S. The zero-order chi connectivity index (χ0) is 21.8. The van der Waals surface area contributed by atoms with Crippen LogP contribution in [-0.4, -0.2) is 34.6 Å². The Morgan fingerprint density at radius 1 is 1.00 bits per heavy atom. The zero-order valence-corrected chi connectivity index (χ0v) is 17.8. The van der Waals surface area contributed by atoms with Gasteiger partial charge in [-0.05, 0) is 56.7 Å². The predicted octanol–water partition coefficient (Wildman–Crippen LogP) is 3.02. The number of amides is 1. The van der Waals surface area contributed by atoms with Crippen LogP contribution >= 0.6 is 0 Å². The standard InChI is InChI=1S/C20H25FN2O5S/c1-12(2)23-29(25,26)19-11-15(7-9-18(19)28-5)20(24)22-13(3)14-6-8-17(27-4)16(21)10-14/h6-13,23H,1-5H3,(H,22,24). The van der Waals surface area contributed by atoms with Crippen molar-refractivity contribution in [2.75, 3.05) is 14.2 Å². The maximum Gasteiger partial charge on any atom is 0.251 e. The van der Waals surface area contributed by atoms with Crippen LogP contribution in [0.1, 0.15) is 42.7 Å². The molecule has 0 spiro atoms. The number of hydrogen-bond acceptors (Lipinski definition) is 5. The number of methoxy groups -OCH3 is 2. The Labute approximate surface area is 170 Å². The average Bonchev–Trinajstić information content (AvgIpc) is 2.66. The lowest BCUT2D eigenvalue weighted by Crippen LogP contribution is -2.31. The number of ether oxygens (including phenoxy) is 2. The van der Waals surface area contributed by atoms with E-state index in [0.717, 1.165) is 0 Å². The molecule has 2 rings (SSSR count). The maximum absolute atomic E-state index is 13.9. The molecule has 0 aliphatic rings. The van der Waals surface area contributed by atoms with Gasteiger partial charge in [-0.25, -0.2) is 17.5 Å². The number of sulfonamides is 1. The van der Waals surface area contributed by atoms with E-state index in [1.807, 2.05) is 0 Å². The third kappa shape index (κ3) is 5.45. The maximum atomic E-state index is 13.9. The fraction of sp³-hybridized carbons (Fsp3) is 0.350. The molecule has 2 aromatic carbocycles. The van der Waals surface area contributed by atoms with E-state index in [4.69, 9.17) is 9.47 Å². The molecule has 1 unspecified atom stereocenters. The van der Waals surface area contributed by atoms with Crippen LogP contribution in [0.4, 0.5) is 4.39 Å². The van der Waals surface area contributed by atoms with Crippen LogP contribution in [-0.2, 0) is 10.0 Å². The van der Waals surface area contributed by atoms with Crippen molar-refractivity contribution in [2.45, 2.75) is 37.8 Å². The molecule has 0 bridgehead atoms. The predicted molar refractivity (Wildman–Crippen MR) is 107 cm³/mol. The lowest BCUT2D eigenvalue weighted by Gasteiger charge is -2.17. The second-order valence-electron chi connectivity index (χ2n) is 6.73. The van der Waals surface area contributed by atoms with Crippen molar-refractivity contribution in [3.8, 4) is 11.5 Å². The molecule has 0 heterocycles. The third-order valence-corrected chi connectivity index (χ3v) is 5.81. The minimum atomic E-state index is -3.87. The average molecular weight is 424 g/mol. The Hall–Kier alpha value is -2.65. The van der Waals surface area contributed by atoms with Gasteiger partial charge >= 0.3 is 0 Å². The van der Waals surface area contributed by atoms with Gasteiger partial charge in [-0.15, -0.1) is 0 Å². The summed E-state index contributed by atoms with van der Waals surface area (Å²) >= 11 is 0. The topological polar surface area (TPSA) is 93.7 Å². The van der Waals surface area contributed by atoms with E-state index in [9.17, 15) is 17.6 Å². The Morgan fingerprint density at radius 2 is 1.62 bits per heavy atom.